The van der Waals surface area contributed by atoms with E-state index in [1.807, 2.05) is 20.8 Å². The van der Waals surface area contributed by atoms with Crippen molar-refractivity contribution in [2.24, 2.45) is 5.73 Å². The summed E-state index contributed by atoms with van der Waals surface area (Å²) in [5, 5.41) is 9.02. The molecule has 76 valence electrons. The normalized spacial score (nSPS) is 7.46. The Hall–Kier alpha value is -1.22. The average molecular weight is 184 g/mol. The van der Waals surface area contributed by atoms with Crippen LogP contribution in [0, 0.1) is 6.92 Å². The minimum Gasteiger partial charge on any atom is -0.508 e. The van der Waals surface area contributed by atoms with Gasteiger partial charge in [0, 0.05) is 11.8 Å². The maximum Gasteiger partial charge on any atom is 0.120 e. The molecule has 0 atom stereocenters. The highest BCUT2D eigenvalue weighted by molar-refractivity contribution is 5.47. The number of rotatable bonds is 0. The zero-order valence-corrected chi connectivity index (χ0v) is 8.83. The Morgan fingerprint density at radius 1 is 1.15 bits per heavy atom. The number of aromatic hydroxyl groups is 1. The average Bonchev–Trinajstić information content (AvgIpc) is 2.18. The van der Waals surface area contributed by atoms with Gasteiger partial charge in [-0.2, -0.15) is 0 Å². The van der Waals surface area contributed by atoms with Gasteiger partial charge in [-0.05, 0) is 25.6 Å². The number of hydrogen-bond acceptors (Lipinski definition) is 3. The first-order chi connectivity index (χ1) is 6.20. The molecule has 0 radical (unpaired) electrons. The van der Waals surface area contributed by atoms with Gasteiger partial charge in [-0.25, -0.2) is 0 Å². The quantitative estimate of drug-likeness (QED) is 0.539. The Morgan fingerprint density at radius 3 is 1.92 bits per heavy atom. The topological polar surface area (TPSA) is 72.3 Å². The molecule has 5 N–H and O–H groups in total. The monoisotopic (exact) mass is 184 g/mol. The van der Waals surface area contributed by atoms with Crippen LogP contribution in [0.3, 0.4) is 0 Å². The first kappa shape index (κ1) is 14.3. The van der Waals surface area contributed by atoms with Crippen LogP contribution in [0.2, 0.25) is 0 Å². The van der Waals surface area contributed by atoms with Crippen molar-refractivity contribution in [3.63, 3.8) is 0 Å². The molecule has 3 heteroatoms. The minimum absolute atomic E-state index is 0.259. The van der Waals surface area contributed by atoms with E-state index in [2.05, 4.69) is 5.73 Å². The number of phenolic OH excluding ortho intramolecular Hbond substituents is 1. The predicted octanol–water partition coefficient (Wildman–Crippen LogP) is 1.88. The molecule has 0 unspecified atom stereocenters. The fourth-order valence-electron chi connectivity index (χ4n) is 0.626. The Labute approximate surface area is 80.4 Å². The standard InChI is InChI=1S/C7H9NO.C2H6.CH5N/c1-5-2-3-6(8)4-7(5)9;2*1-2/h2-4,9H,8H2,1H3;1-2H3;2H2,1H3. The molecule has 0 aliphatic heterocycles. The van der Waals surface area contributed by atoms with Crippen LogP contribution in [0.5, 0.6) is 5.75 Å². The molecule has 0 saturated carbocycles. The van der Waals surface area contributed by atoms with Crippen molar-refractivity contribution in [1.29, 1.82) is 0 Å². The van der Waals surface area contributed by atoms with E-state index in [9.17, 15) is 0 Å². The zero-order valence-electron chi connectivity index (χ0n) is 8.83. The van der Waals surface area contributed by atoms with Gasteiger partial charge >= 0.3 is 0 Å². The van der Waals surface area contributed by atoms with Gasteiger partial charge in [-0.1, -0.05) is 19.9 Å². The summed E-state index contributed by atoms with van der Waals surface area (Å²) in [5.41, 5.74) is 11.3. The fourth-order valence-corrected chi connectivity index (χ4v) is 0.626. The van der Waals surface area contributed by atoms with Gasteiger partial charge in [-0.15, -0.1) is 0 Å². The zero-order chi connectivity index (χ0) is 10.9. The molecule has 13 heavy (non-hydrogen) atoms. The third kappa shape index (κ3) is 5.99. The lowest BCUT2D eigenvalue weighted by Gasteiger charge is -1.97. The van der Waals surface area contributed by atoms with Crippen molar-refractivity contribution >= 4 is 5.69 Å². The number of phenols is 1. The number of benzene rings is 1. The molecule has 0 spiro atoms. The second kappa shape index (κ2) is 8.87. The van der Waals surface area contributed by atoms with Crippen LogP contribution in [0.1, 0.15) is 19.4 Å². The van der Waals surface area contributed by atoms with Crippen LogP contribution in [-0.4, -0.2) is 12.2 Å². The highest BCUT2D eigenvalue weighted by Gasteiger charge is 1.92. The molecule has 0 aliphatic carbocycles. The van der Waals surface area contributed by atoms with Gasteiger partial charge in [-0.3, -0.25) is 0 Å². The summed E-state index contributed by atoms with van der Waals surface area (Å²) in [6.45, 7) is 5.83. The second-order valence-corrected chi connectivity index (χ2v) is 2.05. The number of nitrogens with two attached hydrogens (primary N) is 2. The van der Waals surface area contributed by atoms with E-state index in [0.717, 1.165) is 5.56 Å². The number of anilines is 1. The largest absolute Gasteiger partial charge is 0.508 e. The predicted molar refractivity (Wildman–Crippen MR) is 58.7 cm³/mol. The summed E-state index contributed by atoms with van der Waals surface area (Å²) < 4.78 is 0. The first-order valence-corrected chi connectivity index (χ1v) is 4.33. The summed E-state index contributed by atoms with van der Waals surface area (Å²) in [6, 6.07) is 5.08. The second-order valence-electron chi connectivity index (χ2n) is 2.05. The molecule has 0 fully saturated rings. The Balaban J connectivity index is 0. The molecule has 0 aliphatic rings. The van der Waals surface area contributed by atoms with Crippen LogP contribution >= 0.6 is 0 Å². The lowest BCUT2D eigenvalue weighted by Crippen LogP contribution is -1.83. The molecule has 1 aromatic rings. The van der Waals surface area contributed by atoms with Crippen LogP contribution in [0.25, 0.3) is 0 Å². The van der Waals surface area contributed by atoms with Gasteiger partial charge in [0.15, 0.2) is 0 Å². The van der Waals surface area contributed by atoms with E-state index in [1.165, 1.54) is 13.1 Å². The molecule has 1 aromatic carbocycles. The van der Waals surface area contributed by atoms with E-state index in [-0.39, 0.29) is 5.75 Å². The van der Waals surface area contributed by atoms with E-state index in [0.29, 0.717) is 5.69 Å². The fraction of sp³-hybridized carbons (Fsp3) is 0.400. The van der Waals surface area contributed by atoms with Crippen molar-refractivity contribution < 1.29 is 5.11 Å². The molecule has 0 saturated heterocycles. The van der Waals surface area contributed by atoms with Gasteiger partial charge in [0.05, 0.1) is 0 Å². The lowest BCUT2D eigenvalue weighted by molar-refractivity contribution is 0.471. The third-order valence-corrected chi connectivity index (χ3v) is 1.23. The van der Waals surface area contributed by atoms with E-state index in [4.69, 9.17) is 10.8 Å². The maximum atomic E-state index is 9.02. The van der Waals surface area contributed by atoms with Crippen molar-refractivity contribution in [2.75, 3.05) is 12.8 Å². The van der Waals surface area contributed by atoms with E-state index in [1.54, 1.807) is 12.1 Å². The Morgan fingerprint density at radius 2 is 1.62 bits per heavy atom. The SMILES string of the molecule is CC.CN.Cc1ccc(N)cc1O. The Kier molecular flexibility index (Phi) is 9.77. The summed E-state index contributed by atoms with van der Waals surface area (Å²) in [7, 11) is 1.50. The lowest BCUT2D eigenvalue weighted by atomic mass is 10.2. The molecule has 0 heterocycles. The molecule has 0 aromatic heterocycles. The van der Waals surface area contributed by atoms with Crippen molar-refractivity contribution in [2.45, 2.75) is 20.8 Å². The molecule has 1 rings (SSSR count). The van der Waals surface area contributed by atoms with Crippen LogP contribution < -0.4 is 11.5 Å². The summed E-state index contributed by atoms with van der Waals surface area (Å²) in [5.74, 6) is 0.259. The van der Waals surface area contributed by atoms with E-state index < -0.39 is 0 Å². The van der Waals surface area contributed by atoms with Crippen LogP contribution in [0.4, 0.5) is 5.69 Å². The number of nitrogen functional groups attached to an aromatic ring is 1. The highest BCUT2D eigenvalue weighted by atomic mass is 16.3. The summed E-state index contributed by atoms with van der Waals surface area (Å²) in [4.78, 5) is 0. The molecule has 0 amide bonds. The number of aryl methyl sites for hydroxylation is 1. The first-order valence-electron chi connectivity index (χ1n) is 4.33. The maximum absolute atomic E-state index is 9.02. The highest BCUT2D eigenvalue weighted by Crippen LogP contribution is 2.17. The summed E-state index contributed by atoms with van der Waals surface area (Å²) in [6.07, 6.45) is 0. The molecule has 3 nitrogen and oxygen atoms in total. The van der Waals surface area contributed by atoms with Crippen LogP contribution in [0.15, 0.2) is 18.2 Å². The molecular weight excluding hydrogens is 164 g/mol. The molecule has 0 bridgehead atoms. The van der Waals surface area contributed by atoms with Crippen molar-refractivity contribution in [3.8, 4) is 5.75 Å². The van der Waals surface area contributed by atoms with Gasteiger partial charge < -0.3 is 16.6 Å². The van der Waals surface area contributed by atoms with Gasteiger partial charge in [0.1, 0.15) is 5.75 Å². The van der Waals surface area contributed by atoms with Crippen molar-refractivity contribution in [3.05, 3.63) is 23.8 Å². The summed E-state index contributed by atoms with van der Waals surface area (Å²) >= 11 is 0. The van der Waals surface area contributed by atoms with Crippen LogP contribution in [-0.2, 0) is 0 Å². The number of hydrogen-bond donors (Lipinski definition) is 3. The van der Waals surface area contributed by atoms with Gasteiger partial charge in [0.2, 0.25) is 0 Å². The van der Waals surface area contributed by atoms with Crippen molar-refractivity contribution in [1.82, 2.24) is 0 Å². The van der Waals surface area contributed by atoms with E-state index >= 15 is 0 Å². The van der Waals surface area contributed by atoms with Gasteiger partial charge in [0.25, 0.3) is 0 Å². The molecular formula is C10H20N2O. The minimum atomic E-state index is 0.259. The Bertz CT molecular complexity index is 224. The third-order valence-electron chi connectivity index (χ3n) is 1.23. The smallest absolute Gasteiger partial charge is 0.120 e.